The van der Waals surface area contributed by atoms with Crippen molar-refractivity contribution < 1.29 is 0 Å². The van der Waals surface area contributed by atoms with Crippen LogP contribution in [0.2, 0.25) is 0 Å². The summed E-state index contributed by atoms with van der Waals surface area (Å²) >= 11 is 0. The highest BCUT2D eigenvalue weighted by Crippen LogP contribution is 2.22. The lowest BCUT2D eigenvalue weighted by atomic mass is 9.95. The van der Waals surface area contributed by atoms with E-state index in [1.807, 2.05) is 18.7 Å². The summed E-state index contributed by atoms with van der Waals surface area (Å²) in [6.45, 7) is 7.40. The van der Waals surface area contributed by atoms with Crippen LogP contribution >= 0.6 is 0 Å². The van der Waals surface area contributed by atoms with Crippen LogP contribution in [0.1, 0.15) is 42.4 Å². The van der Waals surface area contributed by atoms with Gasteiger partial charge in [0.25, 0.3) is 0 Å². The molecule has 0 aliphatic carbocycles. The Morgan fingerprint density at radius 2 is 2.00 bits per heavy atom. The molecular formula is C17H25N3. The summed E-state index contributed by atoms with van der Waals surface area (Å²) in [5, 5.41) is 8.07. The first-order valence-corrected chi connectivity index (χ1v) is 7.46. The van der Waals surface area contributed by atoms with Crippen LogP contribution < -0.4 is 5.32 Å². The third kappa shape index (κ3) is 3.28. The number of hydrogen-bond acceptors (Lipinski definition) is 2. The molecule has 1 N–H and O–H groups in total. The molecule has 2 rings (SSSR count). The normalized spacial score (nSPS) is 12.6. The summed E-state index contributed by atoms with van der Waals surface area (Å²) in [5.41, 5.74) is 5.20. The zero-order chi connectivity index (χ0) is 14.5. The van der Waals surface area contributed by atoms with Gasteiger partial charge in [-0.05, 0) is 37.1 Å². The van der Waals surface area contributed by atoms with E-state index in [0.717, 1.165) is 25.1 Å². The maximum Gasteiger partial charge on any atom is 0.0596 e. The van der Waals surface area contributed by atoms with E-state index < -0.39 is 0 Å². The number of hydrogen-bond donors (Lipinski definition) is 1. The van der Waals surface area contributed by atoms with Crippen LogP contribution in [0.3, 0.4) is 0 Å². The predicted molar refractivity (Wildman–Crippen MR) is 83.9 cm³/mol. The van der Waals surface area contributed by atoms with E-state index in [2.05, 4.69) is 54.6 Å². The second-order valence-electron chi connectivity index (χ2n) is 5.27. The average Bonchev–Trinajstić information content (AvgIpc) is 2.76. The number of rotatable bonds is 6. The molecule has 0 amide bonds. The standard InChI is InChI=1S/C17H25N3/c1-5-14-9-7-8-10-16(14)17(18-6-2)12-15-11-13(3)19-20(15)4/h7-11,17-18H,5-6,12H2,1-4H3. The number of benzene rings is 1. The largest absolute Gasteiger partial charge is 0.310 e. The zero-order valence-electron chi connectivity index (χ0n) is 13.0. The fourth-order valence-corrected chi connectivity index (χ4v) is 2.80. The minimum absolute atomic E-state index is 0.353. The van der Waals surface area contributed by atoms with Gasteiger partial charge in [-0.3, -0.25) is 4.68 Å². The van der Waals surface area contributed by atoms with Crippen molar-refractivity contribution in [2.24, 2.45) is 7.05 Å². The Bertz CT molecular complexity index is 557. The first kappa shape index (κ1) is 14.8. The zero-order valence-corrected chi connectivity index (χ0v) is 13.0. The maximum absolute atomic E-state index is 4.45. The van der Waals surface area contributed by atoms with Crippen molar-refractivity contribution in [3.8, 4) is 0 Å². The Morgan fingerprint density at radius 1 is 1.25 bits per heavy atom. The second kappa shape index (κ2) is 6.71. The van der Waals surface area contributed by atoms with Crippen LogP contribution in [0.4, 0.5) is 0 Å². The first-order valence-electron chi connectivity index (χ1n) is 7.46. The van der Waals surface area contributed by atoms with E-state index in [9.17, 15) is 0 Å². The number of nitrogens with one attached hydrogen (secondary N) is 1. The van der Waals surface area contributed by atoms with E-state index >= 15 is 0 Å². The van der Waals surface area contributed by atoms with Crippen molar-refractivity contribution in [2.45, 2.75) is 39.7 Å². The Kier molecular flexibility index (Phi) is 4.96. The van der Waals surface area contributed by atoms with E-state index in [4.69, 9.17) is 0 Å². The molecule has 0 fully saturated rings. The highest BCUT2D eigenvalue weighted by molar-refractivity contribution is 5.31. The van der Waals surface area contributed by atoms with Gasteiger partial charge in [0.15, 0.2) is 0 Å². The van der Waals surface area contributed by atoms with Crippen LogP contribution in [-0.2, 0) is 19.9 Å². The van der Waals surface area contributed by atoms with Gasteiger partial charge in [0, 0.05) is 25.2 Å². The highest BCUT2D eigenvalue weighted by atomic mass is 15.3. The molecule has 3 heteroatoms. The van der Waals surface area contributed by atoms with Crippen molar-refractivity contribution in [3.63, 3.8) is 0 Å². The smallest absolute Gasteiger partial charge is 0.0596 e. The quantitative estimate of drug-likeness (QED) is 0.874. The van der Waals surface area contributed by atoms with Crippen molar-refractivity contribution >= 4 is 0 Å². The Labute approximate surface area is 122 Å². The molecule has 1 atom stereocenters. The average molecular weight is 271 g/mol. The maximum atomic E-state index is 4.45. The third-order valence-electron chi connectivity index (χ3n) is 3.77. The molecule has 1 heterocycles. The molecule has 0 aliphatic rings. The van der Waals surface area contributed by atoms with Gasteiger partial charge < -0.3 is 5.32 Å². The van der Waals surface area contributed by atoms with Gasteiger partial charge in [-0.1, -0.05) is 38.1 Å². The molecule has 1 aromatic carbocycles. The van der Waals surface area contributed by atoms with Crippen molar-refractivity contribution in [1.29, 1.82) is 0 Å². The second-order valence-corrected chi connectivity index (χ2v) is 5.27. The lowest BCUT2D eigenvalue weighted by Gasteiger charge is -2.21. The predicted octanol–water partition coefficient (Wildman–Crippen LogP) is 3.18. The van der Waals surface area contributed by atoms with Gasteiger partial charge in [-0.15, -0.1) is 0 Å². The number of nitrogens with zero attached hydrogens (tertiary/aromatic N) is 2. The minimum Gasteiger partial charge on any atom is -0.310 e. The van der Waals surface area contributed by atoms with E-state index in [-0.39, 0.29) is 0 Å². The molecule has 0 spiro atoms. The Morgan fingerprint density at radius 3 is 2.60 bits per heavy atom. The lowest BCUT2D eigenvalue weighted by Crippen LogP contribution is -2.25. The van der Waals surface area contributed by atoms with Crippen LogP contribution in [-0.4, -0.2) is 16.3 Å². The van der Waals surface area contributed by atoms with Crippen LogP contribution in [0.5, 0.6) is 0 Å². The summed E-state index contributed by atoms with van der Waals surface area (Å²) in [4.78, 5) is 0. The molecule has 1 unspecified atom stereocenters. The van der Waals surface area contributed by atoms with Gasteiger partial charge in [0.1, 0.15) is 0 Å². The van der Waals surface area contributed by atoms with Crippen molar-refractivity contribution in [2.75, 3.05) is 6.54 Å². The molecule has 20 heavy (non-hydrogen) atoms. The fourth-order valence-electron chi connectivity index (χ4n) is 2.80. The minimum atomic E-state index is 0.353. The van der Waals surface area contributed by atoms with Crippen LogP contribution in [0.25, 0.3) is 0 Å². The molecule has 0 radical (unpaired) electrons. The van der Waals surface area contributed by atoms with Crippen LogP contribution in [0.15, 0.2) is 30.3 Å². The van der Waals surface area contributed by atoms with E-state index in [1.54, 1.807) is 0 Å². The fraction of sp³-hybridized carbons (Fsp3) is 0.471. The molecular weight excluding hydrogens is 246 g/mol. The van der Waals surface area contributed by atoms with Crippen molar-refractivity contribution in [1.82, 2.24) is 15.1 Å². The lowest BCUT2D eigenvalue weighted by molar-refractivity contribution is 0.525. The monoisotopic (exact) mass is 271 g/mol. The van der Waals surface area contributed by atoms with Crippen LogP contribution in [0, 0.1) is 6.92 Å². The molecule has 108 valence electrons. The molecule has 1 aromatic heterocycles. The molecule has 2 aromatic rings. The topological polar surface area (TPSA) is 29.9 Å². The molecule has 0 saturated heterocycles. The summed E-state index contributed by atoms with van der Waals surface area (Å²) in [6, 6.07) is 11.3. The number of aromatic nitrogens is 2. The number of aryl methyl sites for hydroxylation is 3. The molecule has 0 aliphatic heterocycles. The Balaban J connectivity index is 2.29. The van der Waals surface area contributed by atoms with E-state index in [1.165, 1.54) is 16.8 Å². The van der Waals surface area contributed by atoms with Gasteiger partial charge in [0.05, 0.1) is 5.69 Å². The van der Waals surface area contributed by atoms with Gasteiger partial charge in [-0.2, -0.15) is 5.10 Å². The molecule has 3 nitrogen and oxygen atoms in total. The Hall–Kier alpha value is -1.61. The summed E-state index contributed by atoms with van der Waals surface area (Å²) in [6.07, 6.45) is 2.05. The van der Waals surface area contributed by atoms with Crippen molar-refractivity contribution in [3.05, 3.63) is 52.8 Å². The first-order chi connectivity index (χ1) is 9.65. The SMILES string of the molecule is CCNC(Cc1cc(C)nn1C)c1ccccc1CC. The third-order valence-corrected chi connectivity index (χ3v) is 3.77. The summed E-state index contributed by atoms with van der Waals surface area (Å²) in [5.74, 6) is 0. The molecule has 0 saturated carbocycles. The van der Waals surface area contributed by atoms with Gasteiger partial charge in [-0.25, -0.2) is 0 Å². The summed E-state index contributed by atoms with van der Waals surface area (Å²) < 4.78 is 1.99. The summed E-state index contributed by atoms with van der Waals surface area (Å²) in [7, 11) is 2.02. The highest BCUT2D eigenvalue weighted by Gasteiger charge is 2.16. The number of likely N-dealkylation sites (N-methyl/N-ethyl adjacent to an activating group) is 1. The molecule has 0 bridgehead atoms. The van der Waals surface area contributed by atoms with E-state index in [0.29, 0.717) is 6.04 Å². The van der Waals surface area contributed by atoms with Gasteiger partial charge in [0.2, 0.25) is 0 Å². The van der Waals surface area contributed by atoms with Gasteiger partial charge >= 0.3 is 0 Å².